The predicted octanol–water partition coefficient (Wildman–Crippen LogP) is 2.76. The Morgan fingerprint density at radius 2 is 1.87 bits per heavy atom. The van der Waals surface area contributed by atoms with Crippen LogP contribution in [0.25, 0.3) is 0 Å². The molecule has 1 aromatic rings. The van der Waals surface area contributed by atoms with E-state index in [0.717, 1.165) is 11.1 Å². The van der Waals surface area contributed by atoms with Crippen LogP contribution in [0.5, 0.6) is 0 Å². The molecule has 0 amide bonds. The Hall–Kier alpha value is -1.28. The molecular formula is C12H11ClO2. The van der Waals surface area contributed by atoms with E-state index in [4.69, 9.17) is 16.3 Å². The number of hydrogen-bond donors (Lipinski definition) is 0. The molecule has 0 radical (unpaired) electrons. The minimum absolute atomic E-state index is 0.0358. The first-order valence-corrected chi connectivity index (χ1v) is 5.07. The number of aryl methyl sites for hydroxylation is 1. The molecule has 1 aliphatic carbocycles. The van der Waals surface area contributed by atoms with Crippen molar-refractivity contribution in [1.82, 2.24) is 0 Å². The lowest BCUT2D eigenvalue weighted by Crippen LogP contribution is -2.27. The molecule has 1 aliphatic rings. The van der Waals surface area contributed by atoms with Crippen LogP contribution in [0, 0.1) is 6.92 Å². The van der Waals surface area contributed by atoms with Crippen molar-refractivity contribution in [2.75, 3.05) is 7.11 Å². The number of hydrogen-bond acceptors (Lipinski definition) is 2. The monoisotopic (exact) mass is 222 g/mol. The average molecular weight is 223 g/mol. The van der Waals surface area contributed by atoms with Crippen LogP contribution in [0.1, 0.15) is 17.0 Å². The summed E-state index contributed by atoms with van der Waals surface area (Å²) in [5, 5.41) is 0.506. The summed E-state index contributed by atoms with van der Waals surface area (Å²) in [7, 11) is 1.46. The highest BCUT2D eigenvalue weighted by Gasteiger charge is 2.40. The summed E-state index contributed by atoms with van der Waals surface area (Å²) in [6.45, 7) is 2.00. The predicted molar refractivity (Wildman–Crippen MR) is 58.8 cm³/mol. The smallest absolute Gasteiger partial charge is 0.211 e. The third-order valence-electron chi connectivity index (χ3n) is 2.57. The van der Waals surface area contributed by atoms with Crippen molar-refractivity contribution in [1.29, 1.82) is 0 Å². The average Bonchev–Trinajstić information content (AvgIpc) is 2.22. The van der Waals surface area contributed by atoms with Crippen LogP contribution in [0.15, 0.2) is 35.1 Å². The maximum absolute atomic E-state index is 11.6. The van der Waals surface area contributed by atoms with E-state index in [2.05, 4.69) is 0 Å². The van der Waals surface area contributed by atoms with Gasteiger partial charge in [0.2, 0.25) is 5.78 Å². The normalized spacial score (nSPS) is 20.2. The third kappa shape index (κ3) is 1.55. The molecule has 0 saturated heterocycles. The van der Waals surface area contributed by atoms with Crippen LogP contribution < -0.4 is 0 Å². The largest absolute Gasteiger partial charge is 0.492 e. The molecule has 1 unspecified atom stereocenters. The molecule has 0 heterocycles. The van der Waals surface area contributed by atoms with E-state index in [-0.39, 0.29) is 11.7 Å². The Kier molecular flexibility index (Phi) is 2.53. The van der Waals surface area contributed by atoms with Gasteiger partial charge in [0, 0.05) is 0 Å². The van der Waals surface area contributed by atoms with E-state index in [1.165, 1.54) is 7.11 Å². The minimum Gasteiger partial charge on any atom is -0.492 e. The maximum atomic E-state index is 11.6. The van der Waals surface area contributed by atoms with E-state index >= 15 is 0 Å². The number of allylic oxidation sites excluding steroid dienone is 2. The molecule has 0 aromatic heterocycles. The molecule has 0 saturated carbocycles. The number of ether oxygens (including phenoxy) is 1. The first-order valence-electron chi connectivity index (χ1n) is 4.69. The van der Waals surface area contributed by atoms with Crippen LogP contribution in [0.4, 0.5) is 0 Å². The zero-order valence-corrected chi connectivity index (χ0v) is 9.34. The molecule has 0 fully saturated rings. The molecule has 0 aliphatic heterocycles. The van der Waals surface area contributed by atoms with Gasteiger partial charge in [0.1, 0.15) is 0 Å². The van der Waals surface area contributed by atoms with Gasteiger partial charge >= 0.3 is 0 Å². The van der Waals surface area contributed by atoms with E-state index in [0.29, 0.717) is 10.8 Å². The standard InChI is InChI=1S/C12H11ClO2/c1-7-3-5-8(6-4-7)9-10(13)12(15-2)11(9)14/h3-6,9H,1-2H3. The van der Waals surface area contributed by atoms with Crippen LogP contribution in [-0.2, 0) is 9.53 Å². The molecular weight excluding hydrogens is 212 g/mol. The van der Waals surface area contributed by atoms with Gasteiger partial charge in [-0.15, -0.1) is 0 Å². The maximum Gasteiger partial charge on any atom is 0.211 e. The van der Waals surface area contributed by atoms with Crippen molar-refractivity contribution in [2.24, 2.45) is 0 Å². The zero-order valence-electron chi connectivity index (χ0n) is 8.58. The fourth-order valence-electron chi connectivity index (χ4n) is 1.67. The number of halogens is 1. The number of benzene rings is 1. The number of ketones is 1. The van der Waals surface area contributed by atoms with Crippen LogP contribution >= 0.6 is 11.6 Å². The highest BCUT2D eigenvalue weighted by Crippen LogP contribution is 2.41. The van der Waals surface area contributed by atoms with Gasteiger partial charge in [-0.3, -0.25) is 4.79 Å². The number of carbonyl (C=O) groups is 1. The summed E-state index contributed by atoms with van der Waals surface area (Å²) in [5.41, 5.74) is 2.09. The Morgan fingerprint density at radius 3 is 2.33 bits per heavy atom. The third-order valence-corrected chi connectivity index (χ3v) is 2.96. The van der Waals surface area contributed by atoms with Gasteiger partial charge in [-0.25, -0.2) is 0 Å². The lowest BCUT2D eigenvalue weighted by Gasteiger charge is -2.26. The molecule has 1 aromatic carbocycles. The fraction of sp³-hybridized carbons (Fsp3) is 0.250. The van der Waals surface area contributed by atoms with Crippen LogP contribution in [0.2, 0.25) is 0 Å². The quantitative estimate of drug-likeness (QED) is 0.769. The number of Topliss-reactive ketones (excluding diaryl/α,β-unsaturated/α-hetero) is 1. The summed E-state index contributed by atoms with van der Waals surface area (Å²) in [6.07, 6.45) is 0. The Morgan fingerprint density at radius 1 is 1.27 bits per heavy atom. The van der Waals surface area contributed by atoms with E-state index in [9.17, 15) is 4.79 Å². The number of rotatable bonds is 2. The summed E-state index contributed by atoms with van der Waals surface area (Å²) < 4.78 is 4.88. The molecule has 0 N–H and O–H groups in total. The molecule has 3 heteroatoms. The SMILES string of the molecule is COC1=C(Cl)C(c2ccc(C)cc2)C1=O. The first kappa shape index (κ1) is 10.2. The molecule has 0 spiro atoms. The highest BCUT2D eigenvalue weighted by molar-refractivity contribution is 6.39. The van der Waals surface area contributed by atoms with Crippen molar-refractivity contribution in [3.8, 4) is 0 Å². The highest BCUT2D eigenvalue weighted by atomic mass is 35.5. The van der Waals surface area contributed by atoms with Crippen molar-refractivity contribution in [2.45, 2.75) is 12.8 Å². The Labute approximate surface area is 93.5 Å². The zero-order chi connectivity index (χ0) is 11.0. The molecule has 0 bridgehead atoms. The molecule has 2 nitrogen and oxygen atoms in total. The van der Waals surface area contributed by atoms with Gasteiger partial charge < -0.3 is 4.74 Å². The Bertz CT molecular complexity index is 431. The second kappa shape index (κ2) is 3.70. The van der Waals surface area contributed by atoms with E-state index in [1.807, 2.05) is 31.2 Å². The summed E-state index contributed by atoms with van der Waals surface area (Å²) in [5.74, 6) is -0.0594. The van der Waals surface area contributed by atoms with Crippen molar-refractivity contribution in [3.05, 3.63) is 46.2 Å². The van der Waals surface area contributed by atoms with E-state index < -0.39 is 0 Å². The van der Waals surface area contributed by atoms with Crippen molar-refractivity contribution in [3.63, 3.8) is 0 Å². The van der Waals surface area contributed by atoms with Gasteiger partial charge in [0.05, 0.1) is 18.1 Å². The minimum atomic E-state index is -0.317. The van der Waals surface area contributed by atoms with Crippen LogP contribution in [0.3, 0.4) is 0 Å². The fourth-order valence-corrected chi connectivity index (χ4v) is 2.07. The summed E-state index contributed by atoms with van der Waals surface area (Å²) in [6, 6.07) is 7.79. The molecule has 78 valence electrons. The van der Waals surface area contributed by atoms with E-state index in [1.54, 1.807) is 0 Å². The van der Waals surface area contributed by atoms with Gasteiger partial charge in [0.25, 0.3) is 0 Å². The second-order valence-electron chi connectivity index (χ2n) is 3.59. The second-order valence-corrected chi connectivity index (χ2v) is 4.00. The van der Waals surface area contributed by atoms with Crippen molar-refractivity contribution >= 4 is 17.4 Å². The van der Waals surface area contributed by atoms with Gasteiger partial charge in [-0.2, -0.15) is 0 Å². The van der Waals surface area contributed by atoms with Gasteiger partial charge in [-0.05, 0) is 12.5 Å². The van der Waals surface area contributed by atoms with Gasteiger partial charge in [0.15, 0.2) is 5.76 Å². The van der Waals surface area contributed by atoms with Crippen LogP contribution in [-0.4, -0.2) is 12.9 Å². The lowest BCUT2D eigenvalue weighted by molar-refractivity contribution is -0.121. The number of methoxy groups -OCH3 is 1. The topological polar surface area (TPSA) is 26.3 Å². The molecule has 1 atom stereocenters. The molecule has 15 heavy (non-hydrogen) atoms. The number of carbonyl (C=O) groups excluding carboxylic acids is 1. The Balaban J connectivity index is 2.32. The van der Waals surface area contributed by atoms with Crippen molar-refractivity contribution < 1.29 is 9.53 Å². The lowest BCUT2D eigenvalue weighted by atomic mass is 9.84. The van der Waals surface area contributed by atoms with Gasteiger partial charge in [-0.1, -0.05) is 41.4 Å². The first-order chi connectivity index (χ1) is 7.15. The summed E-state index contributed by atoms with van der Waals surface area (Å²) in [4.78, 5) is 11.6. The molecule has 2 rings (SSSR count). The summed E-state index contributed by atoms with van der Waals surface area (Å²) >= 11 is 5.98.